The molecule has 1 atom stereocenters. The third kappa shape index (κ3) is 2.69. The molecule has 0 spiro atoms. The second-order valence-electron chi connectivity index (χ2n) is 5.85. The van der Waals surface area contributed by atoms with Crippen molar-refractivity contribution >= 4 is 18.1 Å². The molecule has 1 amide bonds. The van der Waals surface area contributed by atoms with Crippen molar-refractivity contribution in [1.29, 1.82) is 0 Å². The van der Waals surface area contributed by atoms with Gasteiger partial charge in [-0.25, -0.2) is 8.78 Å². The molecule has 3 rings (SSSR count). The zero-order valence-electron chi connectivity index (χ0n) is 12.7. The topological polar surface area (TPSA) is 52.9 Å². The highest BCUT2D eigenvalue weighted by Crippen LogP contribution is 2.35. The number of hydrogen-bond donors (Lipinski definition) is 1. The third-order valence-corrected chi connectivity index (χ3v) is 4.93. The minimum Gasteiger partial charge on any atom is -0.370 e. The number of hydrogen-bond acceptors (Lipinski definition) is 2. The number of imidazole rings is 1. The van der Waals surface area contributed by atoms with Gasteiger partial charge in [0.25, 0.3) is 0 Å². The minimum atomic E-state index is -0.533. The fourth-order valence-electron chi connectivity index (χ4n) is 3.34. The van der Waals surface area contributed by atoms with Crippen LogP contribution in [0.15, 0.2) is 18.2 Å². The van der Waals surface area contributed by atoms with Gasteiger partial charge in [0.2, 0.25) is 5.91 Å². The van der Waals surface area contributed by atoms with Crippen molar-refractivity contribution in [2.24, 2.45) is 12.8 Å². The molecule has 1 aromatic heterocycles. The van der Waals surface area contributed by atoms with Crippen LogP contribution in [0.3, 0.4) is 0 Å². The Kier molecular flexibility index (Phi) is 4.06. The lowest BCUT2D eigenvalue weighted by Gasteiger charge is -2.13. The quantitative estimate of drug-likeness (QED) is 0.872. The van der Waals surface area contributed by atoms with Crippen LogP contribution in [0.5, 0.6) is 0 Å². The first-order valence-electron chi connectivity index (χ1n) is 7.39. The van der Waals surface area contributed by atoms with Gasteiger partial charge in [0.1, 0.15) is 11.6 Å². The summed E-state index contributed by atoms with van der Waals surface area (Å²) in [6, 6.07) is 3.91. The second kappa shape index (κ2) is 5.88. The minimum absolute atomic E-state index is 0.106. The van der Waals surface area contributed by atoms with Crippen LogP contribution < -0.4 is 5.73 Å². The summed E-state index contributed by atoms with van der Waals surface area (Å²) >= 11 is 5.41. The summed E-state index contributed by atoms with van der Waals surface area (Å²) in [6.07, 6.45) is 1.19. The Hall–Kier alpha value is -2.02. The molecule has 0 saturated heterocycles. The van der Waals surface area contributed by atoms with Crippen LogP contribution in [0.1, 0.15) is 29.3 Å². The number of primary amides is 1. The van der Waals surface area contributed by atoms with Crippen molar-refractivity contribution in [1.82, 2.24) is 9.13 Å². The molecule has 0 radical (unpaired) electrons. The van der Waals surface area contributed by atoms with Gasteiger partial charge in [0.15, 0.2) is 4.77 Å². The van der Waals surface area contributed by atoms with E-state index in [2.05, 4.69) is 0 Å². The van der Waals surface area contributed by atoms with E-state index in [9.17, 15) is 13.6 Å². The first-order valence-corrected chi connectivity index (χ1v) is 7.80. The Morgan fingerprint density at radius 2 is 2.04 bits per heavy atom. The molecule has 0 unspecified atom stereocenters. The Balaban J connectivity index is 1.97. The molecule has 1 aliphatic rings. The summed E-state index contributed by atoms with van der Waals surface area (Å²) in [5.74, 6) is -1.74. The van der Waals surface area contributed by atoms with E-state index in [1.54, 1.807) is 0 Å². The van der Waals surface area contributed by atoms with E-state index in [1.165, 1.54) is 18.2 Å². The molecule has 0 saturated carbocycles. The van der Waals surface area contributed by atoms with Crippen molar-refractivity contribution in [2.75, 3.05) is 0 Å². The van der Waals surface area contributed by atoms with Gasteiger partial charge >= 0.3 is 0 Å². The van der Waals surface area contributed by atoms with Gasteiger partial charge in [-0.3, -0.25) is 4.79 Å². The van der Waals surface area contributed by atoms with E-state index >= 15 is 0 Å². The van der Waals surface area contributed by atoms with Gasteiger partial charge in [-0.2, -0.15) is 0 Å². The largest absolute Gasteiger partial charge is 0.370 e. The number of nitrogens with two attached hydrogens (primary N) is 1. The summed E-state index contributed by atoms with van der Waals surface area (Å²) in [6.45, 7) is 0.441. The highest BCUT2D eigenvalue weighted by molar-refractivity contribution is 7.71. The first-order chi connectivity index (χ1) is 10.9. The van der Waals surface area contributed by atoms with Crippen molar-refractivity contribution in [3.05, 3.63) is 51.6 Å². The van der Waals surface area contributed by atoms with E-state index in [0.29, 0.717) is 24.2 Å². The molecule has 2 aromatic rings. The maximum absolute atomic E-state index is 14.0. The van der Waals surface area contributed by atoms with Crippen molar-refractivity contribution < 1.29 is 13.6 Å². The molecular weight excluding hydrogens is 320 g/mol. The van der Waals surface area contributed by atoms with E-state index in [4.69, 9.17) is 18.0 Å². The summed E-state index contributed by atoms with van der Waals surface area (Å²) < 4.78 is 32.4. The predicted octanol–water partition coefficient (Wildman–Crippen LogP) is 2.59. The lowest BCUT2D eigenvalue weighted by molar-refractivity contribution is -0.118. The van der Waals surface area contributed by atoms with Gasteiger partial charge in [-0.05, 0) is 37.2 Å². The van der Waals surface area contributed by atoms with Gasteiger partial charge in [0, 0.05) is 42.9 Å². The van der Waals surface area contributed by atoms with E-state index in [0.717, 1.165) is 11.4 Å². The zero-order chi connectivity index (χ0) is 16.7. The fourth-order valence-corrected chi connectivity index (χ4v) is 3.64. The fraction of sp³-hybridized carbons (Fsp3) is 0.375. The molecular formula is C16H17F2N3OS. The standard InChI is InChI=1S/C16H17F2N3OS/c1-20-12(5-6-14(19)22)13-7-9(8-21(13)16(20)23)15-10(17)3-2-4-11(15)18/h2-4,9H,5-8H2,1H3,(H2,19,22)/t9-/m0/s1. The molecule has 7 heteroatoms. The third-order valence-electron chi connectivity index (χ3n) is 4.44. The molecule has 23 heavy (non-hydrogen) atoms. The summed E-state index contributed by atoms with van der Waals surface area (Å²) in [7, 11) is 1.84. The van der Waals surface area contributed by atoms with E-state index < -0.39 is 11.6 Å². The van der Waals surface area contributed by atoms with E-state index in [-0.39, 0.29) is 23.8 Å². The Bertz CT molecular complexity index is 820. The molecule has 2 heterocycles. The van der Waals surface area contributed by atoms with Gasteiger partial charge in [-0.1, -0.05) is 6.07 Å². The first kappa shape index (κ1) is 15.9. The number of rotatable bonds is 4. The molecule has 1 aliphatic heterocycles. The number of carbonyl (C=O) groups is 1. The maximum Gasteiger partial charge on any atom is 0.217 e. The molecule has 122 valence electrons. The number of carbonyl (C=O) groups excluding carboxylic acids is 1. The zero-order valence-corrected chi connectivity index (χ0v) is 13.5. The van der Waals surface area contributed by atoms with Crippen molar-refractivity contribution in [3.8, 4) is 0 Å². The SMILES string of the molecule is Cn1c(CCC(N)=O)c2n(c1=S)C[C@@H](c1c(F)cccc1F)C2. The van der Waals surface area contributed by atoms with Crippen LogP contribution in [0.4, 0.5) is 8.78 Å². The highest BCUT2D eigenvalue weighted by Gasteiger charge is 2.31. The number of aromatic nitrogens is 2. The summed E-state index contributed by atoms with van der Waals surface area (Å²) in [5.41, 5.74) is 7.17. The van der Waals surface area contributed by atoms with Crippen LogP contribution in [0.2, 0.25) is 0 Å². The predicted molar refractivity (Wildman–Crippen MR) is 84.6 cm³/mol. The van der Waals surface area contributed by atoms with Gasteiger partial charge in [0.05, 0.1) is 0 Å². The highest BCUT2D eigenvalue weighted by atomic mass is 32.1. The van der Waals surface area contributed by atoms with Crippen LogP contribution >= 0.6 is 12.2 Å². The Labute approximate surface area is 137 Å². The summed E-state index contributed by atoms with van der Waals surface area (Å²) in [5, 5.41) is 0. The number of amides is 1. The monoisotopic (exact) mass is 337 g/mol. The van der Waals surface area contributed by atoms with Crippen LogP contribution in [0.25, 0.3) is 0 Å². The van der Waals surface area contributed by atoms with Crippen LogP contribution in [-0.4, -0.2) is 15.0 Å². The molecule has 1 aromatic carbocycles. The molecule has 2 N–H and O–H groups in total. The number of fused-ring (bicyclic) bond motifs is 1. The van der Waals surface area contributed by atoms with Crippen molar-refractivity contribution in [2.45, 2.75) is 31.7 Å². The van der Waals surface area contributed by atoms with Gasteiger partial charge in [-0.15, -0.1) is 0 Å². The van der Waals surface area contributed by atoms with Crippen LogP contribution in [-0.2, 0) is 31.2 Å². The molecule has 0 aliphatic carbocycles. The Morgan fingerprint density at radius 3 is 2.65 bits per heavy atom. The lowest BCUT2D eigenvalue weighted by Crippen LogP contribution is -2.13. The number of nitrogens with zero attached hydrogens (tertiary/aromatic N) is 2. The maximum atomic E-state index is 14.0. The van der Waals surface area contributed by atoms with Crippen LogP contribution in [0, 0.1) is 16.4 Å². The summed E-state index contributed by atoms with van der Waals surface area (Å²) in [4.78, 5) is 11.0. The molecule has 0 bridgehead atoms. The number of halogens is 2. The Morgan fingerprint density at radius 1 is 1.39 bits per heavy atom. The average Bonchev–Trinajstić information content (AvgIpc) is 2.98. The lowest BCUT2D eigenvalue weighted by atomic mass is 9.95. The normalized spacial score (nSPS) is 16.6. The smallest absolute Gasteiger partial charge is 0.217 e. The number of benzene rings is 1. The average molecular weight is 337 g/mol. The molecule has 4 nitrogen and oxygen atoms in total. The molecule has 0 fully saturated rings. The van der Waals surface area contributed by atoms with Gasteiger partial charge < -0.3 is 14.9 Å². The van der Waals surface area contributed by atoms with E-state index in [1.807, 2.05) is 16.2 Å². The van der Waals surface area contributed by atoms with Crippen molar-refractivity contribution in [3.63, 3.8) is 0 Å². The second-order valence-corrected chi connectivity index (χ2v) is 6.21.